The zero-order chi connectivity index (χ0) is 13.3. The molecule has 0 heterocycles. The van der Waals surface area contributed by atoms with Crippen LogP contribution in [0, 0.1) is 5.92 Å². The number of hydrogen-bond acceptors (Lipinski definition) is 4. The summed E-state index contributed by atoms with van der Waals surface area (Å²) in [5.41, 5.74) is 6.41. The minimum Gasteiger partial charge on any atom is -0.508 e. The Morgan fingerprint density at radius 2 is 2.17 bits per heavy atom. The molecule has 98 valence electrons. The molecule has 2 rings (SSSR count). The van der Waals surface area contributed by atoms with Crippen LogP contribution in [0.4, 0.5) is 5.69 Å². The van der Waals surface area contributed by atoms with E-state index < -0.39 is 0 Å². The molecule has 0 unspecified atom stereocenters. The van der Waals surface area contributed by atoms with Gasteiger partial charge >= 0.3 is 0 Å². The molecule has 0 bridgehead atoms. The SMILES string of the molecule is CN(CC1CC(O)C1)C(=O)c1cc(O)ccc1N. The van der Waals surface area contributed by atoms with Crippen LogP contribution in [-0.2, 0) is 0 Å². The molecule has 5 heteroatoms. The summed E-state index contributed by atoms with van der Waals surface area (Å²) in [4.78, 5) is 13.7. The van der Waals surface area contributed by atoms with Crippen LogP contribution in [0.1, 0.15) is 23.2 Å². The maximum Gasteiger partial charge on any atom is 0.255 e. The van der Waals surface area contributed by atoms with E-state index >= 15 is 0 Å². The molecule has 0 radical (unpaired) electrons. The van der Waals surface area contributed by atoms with Crippen molar-refractivity contribution in [1.82, 2.24) is 4.90 Å². The molecule has 0 atom stereocenters. The quantitative estimate of drug-likeness (QED) is 0.547. The summed E-state index contributed by atoms with van der Waals surface area (Å²) in [6.45, 7) is 0.602. The minimum atomic E-state index is -0.218. The van der Waals surface area contributed by atoms with E-state index in [1.165, 1.54) is 18.2 Å². The first-order valence-corrected chi connectivity index (χ1v) is 5.99. The van der Waals surface area contributed by atoms with Crippen LogP contribution in [0.15, 0.2) is 18.2 Å². The van der Waals surface area contributed by atoms with Crippen LogP contribution in [0.5, 0.6) is 5.75 Å². The van der Waals surface area contributed by atoms with Gasteiger partial charge in [-0.15, -0.1) is 0 Å². The van der Waals surface area contributed by atoms with Gasteiger partial charge in [0.1, 0.15) is 5.75 Å². The Morgan fingerprint density at radius 1 is 1.50 bits per heavy atom. The first-order chi connectivity index (χ1) is 8.47. The molecule has 4 N–H and O–H groups in total. The number of rotatable bonds is 3. The predicted octanol–water partition coefficient (Wildman–Crippen LogP) is 0.817. The Bertz CT molecular complexity index is 456. The second-order valence-corrected chi connectivity index (χ2v) is 4.95. The number of phenols is 1. The molecule has 1 aromatic carbocycles. The first kappa shape index (κ1) is 12.7. The van der Waals surface area contributed by atoms with Crippen LogP contribution in [-0.4, -0.2) is 40.7 Å². The number of phenolic OH excluding ortho intramolecular Hbond substituents is 1. The van der Waals surface area contributed by atoms with E-state index in [2.05, 4.69) is 0 Å². The van der Waals surface area contributed by atoms with E-state index in [9.17, 15) is 15.0 Å². The summed E-state index contributed by atoms with van der Waals surface area (Å²) >= 11 is 0. The van der Waals surface area contributed by atoms with Crippen LogP contribution in [0.3, 0.4) is 0 Å². The average Bonchev–Trinajstić information content (AvgIpc) is 2.29. The lowest BCUT2D eigenvalue weighted by molar-refractivity contribution is 0.0265. The monoisotopic (exact) mass is 250 g/mol. The third-order valence-electron chi connectivity index (χ3n) is 3.36. The highest BCUT2D eigenvalue weighted by molar-refractivity contribution is 5.99. The second-order valence-electron chi connectivity index (χ2n) is 4.95. The Kier molecular flexibility index (Phi) is 3.43. The highest BCUT2D eigenvalue weighted by atomic mass is 16.3. The van der Waals surface area contributed by atoms with Gasteiger partial charge in [0.25, 0.3) is 5.91 Å². The number of carbonyl (C=O) groups is 1. The lowest BCUT2D eigenvalue weighted by atomic mass is 9.82. The number of carbonyl (C=O) groups excluding carboxylic acids is 1. The van der Waals surface area contributed by atoms with E-state index in [0.29, 0.717) is 23.7 Å². The van der Waals surface area contributed by atoms with Gasteiger partial charge in [0, 0.05) is 19.3 Å². The van der Waals surface area contributed by atoms with Crippen molar-refractivity contribution in [3.63, 3.8) is 0 Å². The molecule has 1 aliphatic carbocycles. The predicted molar refractivity (Wildman–Crippen MR) is 68.2 cm³/mol. The minimum absolute atomic E-state index is 0.0278. The smallest absolute Gasteiger partial charge is 0.255 e. The molecule has 0 spiro atoms. The first-order valence-electron chi connectivity index (χ1n) is 5.99. The Morgan fingerprint density at radius 3 is 2.78 bits per heavy atom. The van der Waals surface area contributed by atoms with Crippen LogP contribution in [0.2, 0.25) is 0 Å². The highest BCUT2D eigenvalue weighted by Gasteiger charge is 2.29. The molecule has 1 saturated carbocycles. The number of hydrogen-bond donors (Lipinski definition) is 3. The summed E-state index contributed by atoms with van der Waals surface area (Å²) in [6.07, 6.45) is 1.27. The van der Waals surface area contributed by atoms with Crippen LogP contribution in [0.25, 0.3) is 0 Å². The largest absolute Gasteiger partial charge is 0.508 e. The number of nitrogens with two attached hydrogens (primary N) is 1. The summed E-state index contributed by atoms with van der Waals surface area (Å²) < 4.78 is 0. The van der Waals surface area contributed by atoms with Crippen molar-refractivity contribution in [3.05, 3.63) is 23.8 Å². The van der Waals surface area contributed by atoms with Crippen molar-refractivity contribution >= 4 is 11.6 Å². The molecule has 0 aliphatic heterocycles. The Hall–Kier alpha value is -1.75. The van der Waals surface area contributed by atoms with Gasteiger partial charge in [-0.3, -0.25) is 4.79 Å². The van der Waals surface area contributed by atoms with Crippen molar-refractivity contribution in [2.75, 3.05) is 19.3 Å². The molecule has 0 saturated heterocycles. The third kappa shape index (κ3) is 2.56. The summed E-state index contributed by atoms with van der Waals surface area (Å²) in [5.74, 6) is 0.178. The van der Waals surface area contributed by atoms with Gasteiger partial charge in [-0.05, 0) is 37.0 Å². The fraction of sp³-hybridized carbons (Fsp3) is 0.462. The fourth-order valence-corrected chi connectivity index (χ4v) is 2.25. The number of aliphatic hydroxyl groups excluding tert-OH is 1. The summed E-state index contributed by atoms with van der Waals surface area (Å²) in [5, 5.41) is 18.6. The molecule has 5 nitrogen and oxygen atoms in total. The molecule has 1 aliphatic rings. The highest BCUT2D eigenvalue weighted by Crippen LogP contribution is 2.28. The standard InChI is InChI=1S/C13H18N2O3/c1-15(7-8-4-10(17)5-8)13(18)11-6-9(16)2-3-12(11)14/h2-3,6,8,10,16-17H,4-5,7,14H2,1H3. The molecular weight excluding hydrogens is 232 g/mol. The van der Waals surface area contributed by atoms with Crippen molar-refractivity contribution in [1.29, 1.82) is 0 Å². The van der Waals surface area contributed by atoms with Crippen molar-refractivity contribution in [3.8, 4) is 5.75 Å². The van der Waals surface area contributed by atoms with Crippen molar-refractivity contribution in [2.24, 2.45) is 5.92 Å². The molecule has 1 fully saturated rings. The van der Waals surface area contributed by atoms with E-state index in [-0.39, 0.29) is 17.8 Å². The number of anilines is 1. The lowest BCUT2D eigenvalue weighted by Gasteiger charge is -2.34. The fourth-order valence-electron chi connectivity index (χ4n) is 2.25. The zero-order valence-corrected chi connectivity index (χ0v) is 10.3. The van der Waals surface area contributed by atoms with Gasteiger partial charge in [0.2, 0.25) is 0 Å². The number of amides is 1. The third-order valence-corrected chi connectivity index (χ3v) is 3.36. The number of aliphatic hydroxyl groups is 1. The summed E-state index contributed by atoms with van der Waals surface area (Å²) in [6, 6.07) is 4.35. The van der Waals surface area contributed by atoms with E-state index in [1.807, 2.05) is 0 Å². The maximum absolute atomic E-state index is 12.1. The second kappa shape index (κ2) is 4.86. The van der Waals surface area contributed by atoms with Gasteiger partial charge in [-0.25, -0.2) is 0 Å². The van der Waals surface area contributed by atoms with Crippen molar-refractivity contribution in [2.45, 2.75) is 18.9 Å². The number of nitrogens with zero attached hydrogens (tertiary/aromatic N) is 1. The number of benzene rings is 1. The summed E-state index contributed by atoms with van der Waals surface area (Å²) in [7, 11) is 1.70. The van der Waals surface area contributed by atoms with Crippen LogP contribution >= 0.6 is 0 Å². The van der Waals surface area contributed by atoms with Gasteiger partial charge < -0.3 is 20.8 Å². The van der Waals surface area contributed by atoms with Crippen molar-refractivity contribution < 1.29 is 15.0 Å². The average molecular weight is 250 g/mol. The molecule has 1 amide bonds. The van der Waals surface area contributed by atoms with Gasteiger partial charge in [0.15, 0.2) is 0 Å². The Labute approximate surface area is 106 Å². The Balaban J connectivity index is 2.03. The topological polar surface area (TPSA) is 86.8 Å². The molecule has 1 aromatic rings. The zero-order valence-electron chi connectivity index (χ0n) is 10.3. The number of nitrogen functional groups attached to an aromatic ring is 1. The number of aromatic hydroxyl groups is 1. The van der Waals surface area contributed by atoms with Crippen LogP contribution < -0.4 is 5.73 Å². The van der Waals surface area contributed by atoms with E-state index in [1.54, 1.807) is 11.9 Å². The van der Waals surface area contributed by atoms with Gasteiger partial charge in [-0.1, -0.05) is 0 Å². The van der Waals surface area contributed by atoms with Gasteiger partial charge in [-0.2, -0.15) is 0 Å². The van der Waals surface area contributed by atoms with Gasteiger partial charge in [0.05, 0.1) is 11.7 Å². The molecule has 18 heavy (non-hydrogen) atoms. The van der Waals surface area contributed by atoms with E-state index in [0.717, 1.165) is 12.8 Å². The maximum atomic E-state index is 12.1. The lowest BCUT2D eigenvalue weighted by Crippen LogP contribution is -2.39. The normalized spacial score (nSPS) is 22.3. The molecular formula is C13H18N2O3. The molecule has 0 aromatic heterocycles. The van der Waals surface area contributed by atoms with E-state index in [4.69, 9.17) is 5.73 Å².